The molecule has 2 saturated heterocycles. The molecule has 4 aromatic carbocycles. The molecular weight excluding hydrogens is 993 g/mol. The molecule has 10 atom stereocenters. The van der Waals surface area contributed by atoms with E-state index in [9.17, 15) is 0 Å². The Hall–Kier alpha value is -3.68. The smallest absolute Gasteiger partial charge is 0.0584 e. The molecule has 0 spiro atoms. The Balaban J connectivity index is 0.000000479. The van der Waals surface area contributed by atoms with Gasteiger partial charge in [0, 0.05) is 48.3 Å². The van der Waals surface area contributed by atoms with Crippen molar-refractivity contribution in [3.05, 3.63) is 144 Å². The lowest BCUT2D eigenvalue weighted by Crippen LogP contribution is -2.47. The quantitative estimate of drug-likeness (QED) is 0.0460. The lowest BCUT2D eigenvalue weighted by atomic mass is 9.91. The first kappa shape index (κ1) is 74.3. The van der Waals surface area contributed by atoms with E-state index in [4.69, 9.17) is 10.2 Å². The van der Waals surface area contributed by atoms with Crippen LogP contribution >= 0.6 is 0 Å². The van der Waals surface area contributed by atoms with Crippen molar-refractivity contribution in [2.24, 2.45) is 0 Å². The summed E-state index contributed by atoms with van der Waals surface area (Å²) in [7, 11) is 20.0. The Kier molecular flexibility index (Phi) is 45.4. The highest BCUT2D eigenvalue weighted by Gasteiger charge is 2.24. The number of hydrogen-bond acceptors (Lipinski definition) is 14. The van der Waals surface area contributed by atoms with E-state index >= 15 is 0 Å². The molecular formula is C66H120N12O2. The van der Waals surface area contributed by atoms with Crippen molar-refractivity contribution < 1.29 is 10.2 Å². The molecule has 0 bridgehead atoms. The molecule has 80 heavy (non-hydrogen) atoms. The second kappa shape index (κ2) is 48.8. The van der Waals surface area contributed by atoms with Crippen molar-refractivity contribution in [1.29, 1.82) is 0 Å². The van der Waals surface area contributed by atoms with E-state index in [1.165, 1.54) is 86.5 Å². The molecule has 2 heterocycles. The maximum absolute atomic E-state index is 8.50. The van der Waals surface area contributed by atoms with E-state index in [2.05, 4.69) is 217 Å². The number of aliphatic hydroxyl groups excluding tert-OH is 2. The largest absolute Gasteiger partial charge is 0.395 e. The SMILES string of the molecule is CC(C)NC(C)C.CNC.CN[C@@H](c1ccccc1)[C@@H](NC)c1ccccc1.CN[C@@H]1CCCC[C@H]1NC.CN[C@H](c1ccccc1)[C@H](NC)c1ccccc1.CN[C@H]1CCCC[C@@H]1NC.OC[C@@H]1CCCN1.OC[C@H]1CCCN1. The number of likely N-dealkylation sites (N-methyl/N-ethyl adjacent to an activating group) is 8. The third-order valence-electron chi connectivity index (χ3n) is 15.0. The Morgan fingerprint density at radius 2 is 0.588 bits per heavy atom. The minimum absolute atomic E-state index is 0.263. The van der Waals surface area contributed by atoms with Gasteiger partial charge in [-0.2, -0.15) is 0 Å². The summed E-state index contributed by atoms with van der Waals surface area (Å²) < 4.78 is 0. The van der Waals surface area contributed by atoms with E-state index in [0.717, 1.165) is 25.9 Å². The second-order valence-electron chi connectivity index (χ2n) is 21.8. The summed E-state index contributed by atoms with van der Waals surface area (Å²) in [5.74, 6) is 0. The molecule has 2 aliphatic heterocycles. The van der Waals surface area contributed by atoms with Crippen molar-refractivity contribution in [2.75, 3.05) is 96.8 Å². The van der Waals surface area contributed by atoms with Crippen LogP contribution in [0.25, 0.3) is 0 Å². The first-order valence-corrected chi connectivity index (χ1v) is 30.5. The molecule has 14 N–H and O–H groups in total. The predicted octanol–water partition coefficient (Wildman–Crippen LogP) is 7.98. The van der Waals surface area contributed by atoms with Gasteiger partial charge in [0.2, 0.25) is 0 Å². The van der Waals surface area contributed by atoms with E-state index in [1.807, 2.05) is 66.6 Å². The van der Waals surface area contributed by atoms with E-state index in [-0.39, 0.29) is 24.2 Å². The standard InChI is InChI=1S/2C16H20N2.2C8H18N2.C6H15N.2C5H11NO.C2H7N/c2*1-17-15(13-9-5-3-6-10-13)16(18-2)14-11-7-4-8-12-14;2*1-9-7-5-3-4-6-8(7)10-2;1-5(2)7-6(3)4;2*7-4-5-2-1-3-6-5;1-3-2/h2*3-12,15-18H,1-2H3;2*7-10H,3-6H2,1-2H3;5-7H,1-4H3;2*5-7H,1-4H2;3H,1-2H3/t2*15-,16-;2*7-,8-;;2*5-;/m1010.10./s1. The number of rotatable bonds is 18. The highest BCUT2D eigenvalue weighted by Crippen LogP contribution is 2.29. The van der Waals surface area contributed by atoms with E-state index in [0.29, 0.717) is 61.5 Å². The van der Waals surface area contributed by atoms with Crippen LogP contribution in [0.2, 0.25) is 0 Å². The Morgan fingerprint density at radius 1 is 0.362 bits per heavy atom. The maximum atomic E-state index is 8.50. The van der Waals surface area contributed by atoms with E-state index < -0.39 is 0 Å². The Bertz CT molecular complexity index is 1660. The first-order valence-electron chi connectivity index (χ1n) is 30.5. The van der Waals surface area contributed by atoms with Gasteiger partial charge in [0.25, 0.3) is 0 Å². The Morgan fingerprint density at radius 3 is 0.713 bits per heavy atom. The molecule has 0 radical (unpaired) electrons. The van der Waals surface area contributed by atoms with Gasteiger partial charge in [-0.25, -0.2) is 0 Å². The van der Waals surface area contributed by atoms with Gasteiger partial charge >= 0.3 is 0 Å². The second-order valence-corrected chi connectivity index (χ2v) is 21.8. The third kappa shape index (κ3) is 31.7. The lowest BCUT2D eigenvalue weighted by molar-refractivity contribution is 0.255. The van der Waals surface area contributed by atoms with Gasteiger partial charge in [0.15, 0.2) is 0 Å². The molecule has 4 aromatic rings. The van der Waals surface area contributed by atoms with Crippen LogP contribution in [-0.4, -0.2) is 155 Å². The van der Waals surface area contributed by atoms with Gasteiger partial charge in [-0.3, -0.25) is 0 Å². The van der Waals surface area contributed by atoms with Crippen molar-refractivity contribution >= 4 is 0 Å². The van der Waals surface area contributed by atoms with Crippen LogP contribution in [0.3, 0.4) is 0 Å². The van der Waals surface area contributed by atoms with E-state index in [1.54, 1.807) is 0 Å². The van der Waals surface area contributed by atoms with Crippen LogP contribution in [0.15, 0.2) is 121 Å². The minimum atomic E-state index is 0.263. The van der Waals surface area contributed by atoms with Crippen LogP contribution in [0, 0.1) is 0 Å². The van der Waals surface area contributed by atoms with Crippen molar-refractivity contribution in [2.45, 2.75) is 177 Å². The van der Waals surface area contributed by atoms with Gasteiger partial charge in [-0.15, -0.1) is 0 Å². The number of nitrogens with one attached hydrogen (secondary N) is 12. The summed E-state index contributed by atoms with van der Waals surface area (Å²) >= 11 is 0. The molecule has 4 aliphatic rings. The fraction of sp³-hybridized carbons (Fsp3) is 0.636. The van der Waals surface area contributed by atoms with Gasteiger partial charge in [0.05, 0.1) is 37.4 Å². The average Bonchev–Trinajstić information content (AvgIpc) is 4.26. The summed E-state index contributed by atoms with van der Waals surface area (Å²) in [6, 6.07) is 48.1. The number of aliphatic hydroxyl groups is 2. The molecule has 0 aromatic heterocycles. The first-order chi connectivity index (χ1) is 38.9. The summed E-state index contributed by atoms with van der Waals surface area (Å²) in [4.78, 5) is 0. The molecule has 0 amide bonds. The number of benzene rings is 4. The van der Waals surface area contributed by atoms with Crippen molar-refractivity contribution in [1.82, 2.24) is 63.8 Å². The van der Waals surface area contributed by atoms with Crippen LogP contribution in [0.5, 0.6) is 0 Å². The van der Waals surface area contributed by atoms with Crippen molar-refractivity contribution in [3.63, 3.8) is 0 Å². The van der Waals surface area contributed by atoms with Gasteiger partial charge in [-0.1, -0.05) is 175 Å². The number of hydrogen-bond donors (Lipinski definition) is 14. The van der Waals surface area contributed by atoms with Crippen LogP contribution < -0.4 is 63.8 Å². The fourth-order valence-corrected chi connectivity index (χ4v) is 10.9. The molecule has 456 valence electrons. The van der Waals surface area contributed by atoms with Gasteiger partial charge in [-0.05, 0) is 157 Å². The molecule has 0 unspecified atom stereocenters. The van der Waals surface area contributed by atoms with Crippen LogP contribution in [0.4, 0.5) is 0 Å². The molecule has 2 saturated carbocycles. The summed E-state index contributed by atoms with van der Waals surface area (Å²) in [6.07, 6.45) is 15.7. The summed E-state index contributed by atoms with van der Waals surface area (Å²) in [6.45, 7) is 11.4. The zero-order chi connectivity index (χ0) is 59.2. The highest BCUT2D eigenvalue weighted by atomic mass is 16.3. The minimum Gasteiger partial charge on any atom is -0.395 e. The van der Waals surface area contributed by atoms with Gasteiger partial charge < -0.3 is 74.0 Å². The topological polar surface area (TPSA) is 185 Å². The average molecular weight is 1110 g/mol. The summed E-state index contributed by atoms with van der Waals surface area (Å²) in [5, 5.41) is 56.4. The molecule has 14 heteroatoms. The lowest BCUT2D eigenvalue weighted by Gasteiger charge is -2.30. The van der Waals surface area contributed by atoms with Crippen molar-refractivity contribution in [3.8, 4) is 0 Å². The molecule has 4 fully saturated rings. The normalized spacial score (nSPS) is 21.6. The van der Waals surface area contributed by atoms with Crippen LogP contribution in [-0.2, 0) is 0 Å². The fourth-order valence-electron chi connectivity index (χ4n) is 10.9. The molecule has 14 nitrogen and oxygen atoms in total. The Labute approximate surface area is 489 Å². The molecule has 8 rings (SSSR count). The monoisotopic (exact) mass is 1110 g/mol. The zero-order valence-electron chi connectivity index (χ0n) is 52.7. The summed E-state index contributed by atoms with van der Waals surface area (Å²) in [5.41, 5.74) is 5.18. The predicted molar refractivity (Wildman–Crippen MR) is 346 cm³/mol. The van der Waals surface area contributed by atoms with Crippen LogP contribution in [0.1, 0.15) is 151 Å². The maximum Gasteiger partial charge on any atom is 0.0584 e. The zero-order valence-corrected chi connectivity index (χ0v) is 52.7. The van der Waals surface area contributed by atoms with Gasteiger partial charge in [0.1, 0.15) is 0 Å². The highest BCUT2D eigenvalue weighted by molar-refractivity contribution is 5.29. The molecule has 2 aliphatic carbocycles. The third-order valence-corrected chi connectivity index (χ3v) is 15.0.